The molecule has 0 unspecified atom stereocenters. The molecule has 0 atom stereocenters. The van der Waals surface area contributed by atoms with E-state index in [1.807, 2.05) is 0 Å². The van der Waals surface area contributed by atoms with Gasteiger partial charge in [-0.25, -0.2) is 0 Å². The highest BCUT2D eigenvalue weighted by molar-refractivity contribution is 9.18. The molecule has 0 rings (SSSR count). The summed E-state index contributed by atoms with van der Waals surface area (Å²) in [6.07, 6.45) is -2.23. The van der Waals surface area contributed by atoms with E-state index in [4.69, 9.17) is 0 Å². The van der Waals surface area contributed by atoms with Crippen LogP contribution in [0.1, 0.15) is 0 Å². The molecule has 0 radical (unpaired) electrons. The zero-order chi connectivity index (χ0) is 5.86. The lowest BCUT2D eigenvalue weighted by atomic mass is 11.3. The number of halogens is 3. The molecule has 0 aromatic rings. The van der Waals surface area contributed by atoms with E-state index in [9.17, 15) is 13.6 Å². The maximum atomic E-state index is 10.8. The summed E-state index contributed by atoms with van der Waals surface area (Å²) in [7, 11) is 0. The molecular formula is C2BrF2NO. The number of hydrogen-bond donors (Lipinski definition) is 0. The smallest absolute Gasteiger partial charge is 0.259 e. The lowest BCUT2D eigenvalue weighted by molar-refractivity contribution is 0.268. The Hall–Kier alpha value is -0.320. The summed E-state index contributed by atoms with van der Waals surface area (Å²) >= 11 is 2.17. The average molecular weight is 172 g/mol. The molecule has 0 aromatic heterocycles. The molecule has 0 spiro atoms. The molecule has 2 nitrogen and oxygen atoms in total. The highest BCUT2D eigenvalue weighted by Crippen LogP contribution is 1.91. The fraction of sp³-hybridized carbons (Fsp3) is 0. The van der Waals surface area contributed by atoms with E-state index in [1.165, 1.54) is 0 Å². The number of rotatable bonds is 0. The quantitative estimate of drug-likeness (QED) is 0.311. The molecule has 0 aromatic carbocycles. The maximum absolute atomic E-state index is 10.8. The van der Waals surface area contributed by atoms with E-state index < -0.39 is 11.0 Å². The molecule has 40 valence electrons. The Labute approximate surface area is 46.4 Å². The van der Waals surface area contributed by atoms with E-state index in [0.29, 0.717) is 0 Å². The summed E-state index contributed by atoms with van der Waals surface area (Å²) in [5.74, 6) is 0. The van der Waals surface area contributed by atoms with Crippen molar-refractivity contribution < 1.29 is 13.6 Å². The number of aliphatic imine (C=N–C) groups is 1. The van der Waals surface area contributed by atoms with Crippen molar-refractivity contribution in [1.29, 1.82) is 0 Å². The summed E-state index contributed by atoms with van der Waals surface area (Å²) in [5.41, 5.74) is 0. The van der Waals surface area contributed by atoms with E-state index in [1.54, 1.807) is 0 Å². The molecule has 5 heteroatoms. The predicted octanol–water partition coefficient (Wildman–Crippen LogP) is 1.80. The number of hydrogen-bond acceptors (Lipinski definition) is 1. The fourth-order valence-corrected chi connectivity index (χ4v) is 0.200. The number of nitrogens with zero attached hydrogens (tertiary/aromatic N) is 1. The Morgan fingerprint density at radius 2 is 2.00 bits per heavy atom. The van der Waals surface area contributed by atoms with Crippen LogP contribution < -0.4 is 0 Å². The van der Waals surface area contributed by atoms with Gasteiger partial charge in [-0.15, -0.1) is 4.99 Å². The van der Waals surface area contributed by atoms with Gasteiger partial charge in [-0.05, 0) is 0 Å². The van der Waals surface area contributed by atoms with Crippen molar-refractivity contribution in [3.05, 3.63) is 0 Å². The van der Waals surface area contributed by atoms with Gasteiger partial charge >= 0.3 is 11.0 Å². The van der Waals surface area contributed by atoms with Crippen molar-refractivity contribution in [2.24, 2.45) is 4.99 Å². The molecule has 0 bridgehead atoms. The minimum Gasteiger partial charge on any atom is -0.259 e. The molecule has 0 aliphatic carbocycles. The van der Waals surface area contributed by atoms with Crippen LogP contribution in [0.4, 0.5) is 13.6 Å². The van der Waals surface area contributed by atoms with Crippen molar-refractivity contribution in [2.45, 2.75) is 0 Å². The van der Waals surface area contributed by atoms with E-state index in [2.05, 4.69) is 20.9 Å². The molecule has 1 amide bonds. The summed E-state index contributed by atoms with van der Waals surface area (Å²) in [6.45, 7) is 0. The standard InChI is InChI=1S/C2BrF2NO/c3-1(7)6-2(4)5. The maximum Gasteiger partial charge on any atom is 0.368 e. The highest BCUT2D eigenvalue weighted by atomic mass is 79.9. The third-order valence-corrected chi connectivity index (χ3v) is 0.350. The Morgan fingerprint density at radius 3 is 2.00 bits per heavy atom. The van der Waals surface area contributed by atoms with Gasteiger partial charge in [-0.3, -0.25) is 4.79 Å². The number of carbonyl (C=O) groups is 1. The topological polar surface area (TPSA) is 29.4 Å². The zero-order valence-electron chi connectivity index (χ0n) is 2.99. The van der Waals surface area contributed by atoms with Crippen LogP contribution in [0.2, 0.25) is 0 Å². The van der Waals surface area contributed by atoms with Gasteiger partial charge in [0.15, 0.2) is 0 Å². The molecular weight excluding hydrogens is 172 g/mol. The minimum atomic E-state index is -2.23. The van der Waals surface area contributed by atoms with Crippen LogP contribution in [0, 0.1) is 0 Å². The first-order valence-corrected chi connectivity index (χ1v) is 2.01. The molecule has 0 fully saturated rings. The molecule has 7 heavy (non-hydrogen) atoms. The highest BCUT2D eigenvalue weighted by Gasteiger charge is 1.92. The normalized spacial score (nSPS) is 7.86. The van der Waals surface area contributed by atoms with Crippen LogP contribution in [-0.2, 0) is 0 Å². The van der Waals surface area contributed by atoms with Crippen molar-refractivity contribution in [3.8, 4) is 0 Å². The monoisotopic (exact) mass is 171 g/mol. The lowest BCUT2D eigenvalue weighted by Gasteiger charge is -1.70. The Balaban J connectivity index is 3.68. The largest absolute Gasteiger partial charge is 0.368 e. The van der Waals surface area contributed by atoms with Gasteiger partial charge in [0.25, 0.3) is 0 Å². The van der Waals surface area contributed by atoms with Crippen LogP contribution >= 0.6 is 15.9 Å². The predicted molar refractivity (Wildman–Crippen MR) is 24.0 cm³/mol. The zero-order valence-corrected chi connectivity index (χ0v) is 4.58. The Kier molecular flexibility index (Phi) is 2.66. The van der Waals surface area contributed by atoms with Gasteiger partial charge in [-0.2, -0.15) is 8.78 Å². The molecule has 0 aliphatic heterocycles. The fourth-order valence-electron chi connectivity index (χ4n) is 0.0664. The van der Waals surface area contributed by atoms with Gasteiger partial charge in [0, 0.05) is 15.9 Å². The molecule has 0 N–H and O–H groups in total. The second-order valence-corrected chi connectivity index (χ2v) is 1.28. The van der Waals surface area contributed by atoms with Crippen molar-refractivity contribution >= 4 is 27.0 Å². The van der Waals surface area contributed by atoms with E-state index in [-0.39, 0.29) is 0 Å². The van der Waals surface area contributed by atoms with E-state index >= 15 is 0 Å². The van der Waals surface area contributed by atoms with Crippen LogP contribution in [0.3, 0.4) is 0 Å². The molecule has 0 saturated heterocycles. The Bertz CT molecular complexity index is 108. The second kappa shape index (κ2) is 2.79. The number of carbonyl (C=O) groups excluding carboxylic acids is 1. The molecule has 0 saturated carbocycles. The average Bonchev–Trinajstić information content (AvgIpc) is 1.27. The van der Waals surface area contributed by atoms with Gasteiger partial charge in [-0.1, -0.05) is 0 Å². The summed E-state index contributed by atoms with van der Waals surface area (Å²) in [5, 5.41) is 0. The first-order chi connectivity index (χ1) is 3.13. The first kappa shape index (κ1) is 6.68. The third kappa shape index (κ3) is 5.68. The van der Waals surface area contributed by atoms with Crippen molar-refractivity contribution in [1.82, 2.24) is 0 Å². The van der Waals surface area contributed by atoms with Gasteiger partial charge in [0.2, 0.25) is 0 Å². The van der Waals surface area contributed by atoms with E-state index in [0.717, 1.165) is 0 Å². The van der Waals surface area contributed by atoms with Gasteiger partial charge < -0.3 is 0 Å². The van der Waals surface area contributed by atoms with Gasteiger partial charge in [0.1, 0.15) is 0 Å². The van der Waals surface area contributed by atoms with Gasteiger partial charge in [0.05, 0.1) is 0 Å². The van der Waals surface area contributed by atoms with Crippen LogP contribution in [0.15, 0.2) is 4.99 Å². The summed E-state index contributed by atoms with van der Waals surface area (Å²) in [4.78, 5) is 10.6. The Morgan fingerprint density at radius 1 is 1.57 bits per heavy atom. The third-order valence-electron chi connectivity index (χ3n) is 0.172. The van der Waals surface area contributed by atoms with Crippen LogP contribution in [-0.4, -0.2) is 11.0 Å². The number of amides is 1. The van der Waals surface area contributed by atoms with Crippen LogP contribution in [0.25, 0.3) is 0 Å². The summed E-state index contributed by atoms with van der Waals surface area (Å²) in [6, 6.07) is 0. The van der Waals surface area contributed by atoms with Crippen molar-refractivity contribution in [3.63, 3.8) is 0 Å². The summed E-state index contributed by atoms with van der Waals surface area (Å²) < 4.78 is 21.6. The first-order valence-electron chi connectivity index (χ1n) is 1.22. The lowest BCUT2D eigenvalue weighted by Crippen LogP contribution is -1.78. The minimum absolute atomic E-state index is 1.06. The molecule has 0 aliphatic rings. The molecule has 0 heterocycles. The van der Waals surface area contributed by atoms with Crippen molar-refractivity contribution in [2.75, 3.05) is 0 Å². The SMILES string of the molecule is O=C(Br)N=C(F)F. The van der Waals surface area contributed by atoms with Crippen LogP contribution in [0.5, 0.6) is 0 Å². The second-order valence-electron chi connectivity index (χ2n) is 0.605.